The second-order valence-corrected chi connectivity index (χ2v) is 5.91. The van der Waals surface area contributed by atoms with Crippen molar-refractivity contribution in [1.29, 1.82) is 0 Å². The predicted octanol–water partition coefficient (Wildman–Crippen LogP) is 3.59. The Morgan fingerprint density at radius 2 is 2.17 bits per heavy atom. The Labute approximate surface area is 115 Å². The Hall–Kier alpha value is -0.960. The summed E-state index contributed by atoms with van der Waals surface area (Å²) in [7, 11) is 0. The van der Waals surface area contributed by atoms with E-state index in [0.717, 1.165) is 29.0 Å². The van der Waals surface area contributed by atoms with E-state index >= 15 is 0 Å². The van der Waals surface area contributed by atoms with E-state index in [-0.39, 0.29) is 5.91 Å². The summed E-state index contributed by atoms with van der Waals surface area (Å²) in [5.74, 6) is 0.0307. The molecule has 0 radical (unpaired) electrons. The van der Waals surface area contributed by atoms with Crippen LogP contribution in [0.15, 0.2) is 23.1 Å². The minimum Gasteiger partial charge on any atom is -0.351 e. The van der Waals surface area contributed by atoms with E-state index in [1.807, 2.05) is 25.1 Å². The van der Waals surface area contributed by atoms with Gasteiger partial charge in [0, 0.05) is 17.0 Å². The monoisotopic (exact) mass is 263 g/mol. The molecule has 3 heteroatoms. The van der Waals surface area contributed by atoms with Gasteiger partial charge in [-0.05, 0) is 49.3 Å². The van der Waals surface area contributed by atoms with E-state index in [4.69, 9.17) is 0 Å². The number of benzene rings is 1. The Morgan fingerprint density at radius 3 is 2.72 bits per heavy atom. The van der Waals surface area contributed by atoms with Gasteiger partial charge in [0.05, 0.1) is 0 Å². The minimum absolute atomic E-state index is 0.0307. The molecule has 0 unspecified atom stereocenters. The standard InChI is InChI=1S/C15H21NOS/c1-3-15(7-4-8-15)10-16-14(17)13-9-12(18)6-5-11(13)2/h5-6,9,18H,3-4,7-8,10H2,1-2H3,(H,16,17). The molecule has 1 aliphatic carbocycles. The molecule has 0 heterocycles. The van der Waals surface area contributed by atoms with Gasteiger partial charge in [-0.3, -0.25) is 4.79 Å². The van der Waals surface area contributed by atoms with Crippen molar-refractivity contribution >= 4 is 18.5 Å². The predicted molar refractivity (Wildman–Crippen MR) is 77.3 cm³/mol. The molecule has 18 heavy (non-hydrogen) atoms. The molecule has 0 spiro atoms. The van der Waals surface area contributed by atoms with E-state index in [0.29, 0.717) is 5.41 Å². The average Bonchev–Trinajstić information content (AvgIpc) is 2.31. The van der Waals surface area contributed by atoms with Crippen molar-refractivity contribution in [2.24, 2.45) is 5.41 Å². The van der Waals surface area contributed by atoms with Gasteiger partial charge < -0.3 is 5.32 Å². The number of thiol groups is 1. The molecule has 0 aliphatic heterocycles. The Kier molecular flexibility index (Phi) is 4.00. The summed E-state index contributed by atoms with van der Waals surface area (Å²) in [4.78, 5) is 13.0. The van der Waals surface area contributed by atoms with Crippen molar-refractivity contribution in [3.8, 4) is 0 Å². The van der Waals surface area contributed by atoms with Gasteiger partial charge in [0.25, 0.3) is 5.91 Å². The lowest BCUT2D eigenvalue weighted by atomic mass is 9.67. The summed E-state index contributed by atoms with van der Waals surface area (Å²) in [6.07, 6.45) is 4.94. The lowest BCUT2D eigenvalue weighted by Gasteiger charge is -2.41. The molecule has 2 nitrogen and oxygen atoms in total. The van der Waals surface area contributed by atoms with Gasteiger partial charge in [0.15, 0.2) is 0 Å². The van der Waals surface area contributed by atoms with Crippen LogP contribution in [0.25, 0.3) is 0 Å². The summed E-state index contributed by atoms with van der Waals surface area (Å²) >= 11 is 4.29. The normalized spacial score (nSPS) is 17.1. The van der Waals surface area contributed by atoms with Gasteiger partial charge in [0.1, 0.15) is 0 Å². The summed E-state index contributed by atoms with van der Waals surface area (Å²) in [5, 5.41) is 3.09. The van der Waals surface area contributed by atoms with Gasteiger partial charge in [-0.15, -0.1) is 12.6 Å². The topological polar surface area (TPSA) is 29.1 Å². The van der Waals surface area contributed by atoms with Crippen molar-refractivity contribution in [3.05, 3.63) is 29.3 Å². The number of carbonyl (C=O) groups is 1. The number of hydrogen-bond donors (Lipinski definition) is 2. The molecule has 1 amide bonds. The van der Waals surface area contributed by atoms with Crippen LogP contribution in [0.1, 0.15) is 48.5 Å². The fourth-order valence-corrected chi connectivity index (χ4v) is 2.75. The summed E-state index contributed by atoms with van der Waals surface area (Å²) in [6, 6.07) is 5.69. The number of rotatable bonds is 4. The Balaban J connectivity index is 2.01. The van der Waals surface area contributed by atoms with Gasteiger partial charge in [-0.25, -0.2) is 0 Å². The van der Waals surface area contributed by atoms with Crippen LogP contribution in [0.2, 0.25) is 0 Å². The van der Waals surface area contributed by atoms with Crippen LogP contribution in [0.5, 0.6) is 0 Å². The van der Waals surface area contributed by atoms with Crippen molar-refractivity contribution in [2.45, 2.75) is 44.4 Å². The Morgan fingerprint density at radius 1 is 1.44 bits per heavy atom. The molecule has 1 saturated carbocycles. The van der Waals surface area contributed by atoms with E-state index in [1.165, 1.54) is 19.3 Å². The largest absolute Gasteiger partial charge is 0.351 e. The van der Waals surface area contributed by atoms with Crippen LogP contribution in [-0.4, -0.2) is 12.5 Å². The average molecular weight is 263 g/mol. The molecule has 1 aliphatic rings. The molecule has 0 bridgehead atoms. The first-order valence-corrected chi connectivity index (χ1v) is 7.09. The van der Waals surface area contributed by atoms with Crippen LogP contribution >= 0.6 is 12.6 Å². The van der Waals surface area contributed by atoms with Crippen LogP contribution in [0, 0.1) is 12.3 Å². The van der Waals surface area contributed by atoms with Gasteiger partial charge in [0.2, 0.25) is 0 Å². The zero-order valence-electron chi connectivity index (χ0n) is 11.1. The third-order valence-corrected chi connectivity index (χ3v) is 4.53. The lowest BCUT2D eigenvalue weighted by molar-refractivity contribution is 0.0849. The summed E-state index contributed by atoms with van der Waals surface area (Å²) < 4.78 is 0. The molecule has 1 aromatic carbocycles. The number of amides is 1. The third kappa shape index (κ3) is 2.72. The number of nitrogens with one attached hydrogen (secondary N) is 1. The molecular formula is C15H21NOS. The number of aryl methyl sites for hydroxylation is 1. The lowest BCUT2D eigenvalue weighted by Crippen LogP contribution is -2.41. The maximum absolute atomic E-state index is 12.2. The highest BCUT2D eigenvalue weighted by atomic mass is 32.1. The van der Waals surface area contributed by atoms with E-state index in [1.54, 1.807) is 0 Å². The number of hydrogen-bond acceptors (Lipinski definition) is 2. The smallest absolute Gasteiger partial charge is 0.251 e. The van der Waals surface area contributed by atoms with E-state index in [9.17, 15) is 4.79 Å². The first-order valence-electron chi connectivity index (χ1n) is 6.64. The molecule has 0 atom stereocenters. The highest BCUT2D eigenvalue weighted by molar-refractivity contribution is 7.80. The van der Waals surface area contributed by atoms with Crippen LogP contribution < -0.4 is 5.32 Å². The SMILES string of the molecule is CCC1(CNC(=O)c2cc(S)ccc2C)CCC1. The maximum atomic E-state index is 12.2. The van der Waals surface area contributed by atoms with Crippen LogP contribution in [0.4, 0.5) is 0 Å². The molecule has 1 N–H and O–H groups in total. The van der Waals surface area contributed by atoms with E-state index < -0.39 is 0 Å². The fraction of sp³-hybridized carbons (Fsp3) is 0.533. The highest BCUT2D eigenvalue weighted by Gasteiger charge is 2.35. The Bertz CT molecular complexity index is 446. The molecule has 0 saturated heterocycles. The van der Waals surface area contributed by atoms with Crippen LogP contribution in [0.3, 0.4) is 0 Å². The molecule has 1 aromatic rings. The molecule has 2 rings (SSSR count). The zero-order chi connectivity index (χ0) is 13.2. The third-order valence-electron chi connectivity index (χ3n) is 4.25. The van der Waals surface area contributed by atoms with Crippen molar-refractivity contribution in [2.75, 3.05) is 6.54 Å². The van der Waals surface area contributed by atoms with Crippen molar-refractivity contribution in [1.82, 2.24) is 5.32 Å². The fourth-order valence-electron chi connectivity index (χ4n) is 2.55. The molecule has 0 aromatic heterocycles. The molecule has 98 valence electrons. The second kappa shape index (κ2) is 5.35. The van der Waals surface area contributed by atoms with Gasteiger partial charge in [-0.2, -0.15) is 0 Å². The minimum atomic E-state index is 0.0307. The molecular weight excluding hydrogens is 242 g/mol. The maximum Gasteiger partial charge on any atom is 0.251 e. The van der Waals surface area contributed by atoms with Crippen LogP contribution in [-0.2, 0) is 0 Å². The second-order valence-electron chi connectivity index (χ2n) is 5.39. The first kappa shape index (κ1) is 13.5. The zero-order valence-corrected chi connectivity index (χ0v) is 12.0. The van der Waals surface area contributed by atoms with Gasteiger partial charge >= 0.3 is 0 Å². The summed E-state index contributed by atoms with van der Waals surface area (Å²) in [5.41, 5.74) is 2.11. The highest BCUT2D eigenvalue weighted by Crippen LogP contribution is 2.43. The van der Waals surface area contributed by atoms with Gasteiger partial charge in [-0.1, -0.05) is 19.4 Å². The quantitative estimate of drug-likeness (QED) is 0.799. The number of carbonyl (C=O) groups excluding carboxylic acids is 1. The van der Waals surface area contributed by atoms with Crippen molar-refractivity contribution < 1.29 is 4.79 Å². The van der Waals surface area contributed by atoms with Crippen molar-refractivity contribution in [3.63, 3.8) is 0 Å². The molecule has 1 fully saturated rings. The van der Waals surface area contributed by atoms with E-state index in [2.05, 4.69) is 24.9 Å². The first-order chi connectivity index (χ1) is 8.56. The summed E-state index contributed by atoms with van der Waals surface area (Å²) in [6.45, 7) is 4.98.